The van der Waals surface area contributed by atoms with Gasteiger partial charge in [-0.2, -0.15) is 9.97 Å². The van der Waals surface area contributed by atoms with Crippen molar-refractivity contribution < 1.29 is 19.0 Å². The Labute approximate surface area is 149 Å². The molecule has 0 unspecified atom stereocenters. The zero-order chi connectivity index (χ0) is 18.0. The maximum absolute atomic E-state index is 10.9. The van der Waals surface area contributed by atoms with Crippen LogP contribution in [0.2, 0.25) is 5.15 Å². The van der Waals surface area contributed by atoms with Gasteiger partial charge in [-0.05, 0) is 13.3 Å². The third kappa shape index (κ3) is 4.17. The Balaban J connectivity index is 1.56. The number of ether oxygens (including phenoxy) is 3. The van der Waals surface area contributed by atoms with Crippen molar-refractivity contribution in [1.29, 1.82) is 0 Å². The summed E-state index contributed by atoms with van der Waals surface area (Å²) in [5.74, 6) is -0.927. The van der Waals surface area contributed by atoms with Gasteiger partial charge in [0.15, 0.2) is 16.6 Å². The van der Waals surface area contributed by atoms with Crippen LogP contribution in [0, 0.1) is 5.92 Å². The van der Waals surface area contributed by atoms with Crippen LogP contribution in [0.3, 0.4) is 0 Å². The molecule has 2 aromatic rings. The van der Waals surface area contributed by atoms with Crippen molar-refractivity contribution in [1.82, 2.24) is 19.5 Å². The second-order valence-electron chi connectivity index (χ2n) is 6.17. The maximum atomic E-state index is 10.9. The molecule has 2 N–H and O–H groups in total. The van der Waals surface area contributed by atoms with Crippen molar-refractivity contribution in [2.45, 2.75) is 32.6 Å². The van der Waals surface area contributed by atoms with Crippen LogP contribution in [0.25, 0.3) is 11.2 Å². The molecule has 0 radical (unpaired) electrons. The number of carbonyl (C=O) groups excluding carboxylic acids is 1. The molecule has 3 rings (SSSR count). The lowest BCUT2D eigenvalue weighted by atomic mass is 10.1. The van der Waals surface area contributed by atoms with E-state index in [1.165, 1.54) is 6.92 Å². The third-order valence-corrected chi connectivity index (χ3v) is 4.27. The van der Waals surface area contributed by atoms with Crippen LogP contribution < -0.4 is 5.73 Å². The van der Waals surface area contributed by atoms with Crippen LogP contribution >= 0.6 is 11.6 Å². The number of nitrogen functional groups attached to an aromatic ring is 1. The minimum Gasteiger partial charge on any atom is -0.460 e. The molecule has 3 heterocycles. The largest absolute Gasteiger partial charge is 0.460 e. The number of rotatable bonds is 5. The Morgan fingerprint density at radius 2 is 2.20 bits per heavy atom. The number of nitrogens with two attached hydrogens (primary N) is 1. The molecule has 1 aliphatic heterocycles. The van der Waals surface area contributed by atoms with E-state index in [-0.39, 0.29) is 29.6 Å². The smallest absolute Gasteiger partial charge is 0.302 e. The first-order chi connectivity index (χ1) is 11.9. The summed E-state index contributed by atoms with van der Waals surface area (Å²) < 4.78 is 18.3. The molecule has 10 heteroatoms. The minimum absolute atomic E-state index is 0.0793. The number of hydrogen-bond acceptors (Lipinski definition) is 8. The molecule has 0 amide bonds. The average molecular weight is 370 g/mol. The zero-order valence-electron chi connectivity index (χ0n) is 14.1. The summed E-state index contributed by atoms with van der Waals surface area (Å²) in [5, 5.41) is 0.242. The lowest BCUT2D eigenvalue weighted by Crippen LogP contribution is -2.45. The van der Waals surface area contributed by atoms with Gasteiger partial charge in [0, 0.05) is 19.4 Å². The van der Waals surface area contributed by atoms with Crippen molar-refractivity contribution >= 4 is 34.7 Å². The number of imidazole rings is 1. The molecular weight excluding hydrogens is 350 g/mol. The van der Waals surface area contributed by atoms with E-state index in [9.17, 15) is 4.79 Å². The summed E-state index contributed by atoms with van der Waals surface area (Å²) in [6.07, 6.45) is 2.47. The Morgan fingerprint density at radius 1 is 1.48 bits per heavy atom. The Hall–Kier alpha value is -1.97. The second-order valence-corrected chi connectivity index (χ2v) is 6.53. The predicted molar refractivity (Wildman–Crippen MR) is 89.8 cm³/mol. The highest BCUT2D eigenvalue weighted by Gasteiger charge is 2.34. The molecule has 0 bridgehead atoms. The standard InChI is InChI=1S/C15H20ClN5O4/c1-9(22)23-7-15(2)24-5-10(6-25-15)3-4-21-8-18-11-12(16)19-14(17)20-13(11)21/h8,10H,3-7H2,1-2H3,(H2,17,19,20). The van der Waals surface area contributed by atoms with Gasteiger partial charge in [0.1, 0.15) is 12.1 Å². The summed E-state index contributed by atoms with van der Waals surface area (Å²) in [6.45, 7) is 4.89. The molecule has 2 aromatic heterocycles. The van der Waals surface area contributed by atoms with Crippen molar-refractivity contribution in [3.05, 3.63) is 11.5 Å². The van der Waals surface area contributed by atoms with Gasteiger partial charge in [0.05, 0.1) is 19.5 Å². The fourth-order valence-electron chi connectivity index (χ4n) is 2.57. The van der Waals surface area contributed by atoms with E-state index in [1.807, 2.05) is 4.57 Å². The van der Waals surface area contributed by atoms with E-state index >= 15 is 0 Å². The molecule has 1 saturated heterocycles. The van der Waals surface area contributed by atoms with Crippen LogP contribution in [0.4, 0.5) is 5.95 Å². The predicted octanol–water partition coefficient (Wildman–Crippen LogP) is 1.39. The van der Waals surface area contributed by atoms with Gasteiger partial charge in [-0.15, -0.1) is 0 Å². The SMILES string of the molecule is CC(=O)OCC1(C)OCC(CCn2cnc3c(Cl)nc(N)nc32)CO1. The van der Waals surface area contributed by atoms with E-state index in [1.54, 1.807) is 13.3 Å². The van der Waals surface area contributed by atoms with Gasteiger partial charge in [-0.25, -0.2) is 4.98 Å². The number of carbonyl (C=O) groups is 1. The van der Waals surface area contributed by atoms with Crippen LogP contribution in [0.5, 0.6) is 0 Å². The Kier molecular flexibility index (Phi) is 5.07. The summed E-state index contributed by atoms with van der Waals surface area (Å²) in [4.78, 5) is 23.2. The van der Waals surface area contributed by atoms with Gasteiger partial charge in [-0.3, -0.25) is 4.79 Å². The lowest BCUT2D eigenvalue weighted by Gasteiger charge is -2.37. The highest BCUT2D eigenvalue weighted by Crippen LogP contribution is 2.25. The number of hydrogen-bond donors (Lipinski definition) is 1. The van der Waals surface area contributed by atoms with Crippen molar-refractivity contribution in [2.75, 3.05) is 25.6 Å². The number of anilines is 1. The first-order valence-electron chi connectivity index (χ1n) is 7.91. The molecule has 9 nitrogen and oxygen atoms in total. The third-order valence-electron chi connectivity index (χ3n) is 4.00. The number of esters is 1. The van der Waals surface area contributed by atoms with Crippen molar-refractivity contribution in [2.24, 2.45) is 5.92 Å². The van der Waals surface area contributed by atoms with Gasteiger partial charge in [0.2, 0.25) is 5.95 Å². The van der Waals surface area contributed by atoms with Crippen LogP contribution in [0.15, 0.2) is 6.33 Å². The molecule has 136 valence electrons. The molecule has 0 aromatic carbocycles. The number of fused-ring (bicyclic) bond motifs is 1. The monoisotopic (exact) mass is 369 g/mol. The summed E-state index contributed by atoms with van der Waals surface area (Å²) in [5.41, 5.74) is 6.78. The zero-order valence-corrected chi connectivity index (χ0v) is 14.8. The molecular formula is C15H20ClN5O4. The molecule has 0 spiro atoms. The summed E-state index contributed by atoms with van der Waals surface area (Å²) in [7, 11) is 0. The van der Waals surface area contributed by atoms with Gasteiger partial charge in [-0.1, -0.05) is 11.6 Å². The van der Waals surface area contributed by atoms with Crippen LogP contribution in [0.1, 0.15) is 20.3 Å². The molecule has 0 atom stereocenters. The minimum atomic E-state index is -0.890. The first-order valence-corrected chi connectivity index (χ1v) is 8.29. The Bertz CT molecular complexity index is 773. The highest BCUT2D eigenvalue weighted by atomic mass is 35.5. The van der Waals surface area contributed by atoms with Crippen molar-refractivity contribution in [3.63, 3.8) is 0 Å². The topological polar surface area (TPSA) is 114 Å². The van der Waals surface area contributed by atoms with Gasteiger partial charge >= 0.3 is 5.97 Å². The molecule has 0 saturated carbocycles. The fourth-order valence-corrected chi connectivity index (χ4v) is 2.79. The number of nitrogens with zero attached hydrogens (tertiary/aromatic N) is 4. The summed E-state index contributed by atoms with van der Waals surface area (Å²) >= 11 is 6.03. The van der Waals surface area contributed by atoms with Gasteiger partial charge in [0.25, 0.3) is 0 Å². The van der Waals surface area contributed by atoms with E-state index in [2.05, 4.69) is 15.0 Å². The van der Waals surface area contributed by atoms with Crippen LogP contribution in [-0.4, -0.2) is 51.1 Å². The molecule has 1 fully saturated rings. The second kappa shape index (κ2) is 7.11. The highest BCUT2D eigenvalue weighted by molar-refractivity contribution is 6.33. The van der Waals surface area contributed by atoms with E-state index < -0.39 is 5.79 Å². The maximum Gasteiger partial charge on any atom is 0.302 e. The first kappa shape index (κ1) is 17.8. The summed E-state index contributed by atoms with van der Waals surface area (Å²) in [6, 6.07) is 0. The number of aryl methyl sites for hydroxylation is 1. The molecule has 1 aliphatic rings. The van der Waals surface area contributed by atoms with Gasteiger partial charge < -0.3 is 24.5 Å². The quantitative estimate of drug-likeness (QED) is 0.621. The average Bonchev–Trinajstić information content (AvgIpc) is 2.96. The number of aromatic nitrogens is 4. The fraction of sp³-hybridized carbons (Fsp3) is 0.600. The van der Waals surface area contributed by atoms with E-state index in [0.717, 1.165) is 6.42 Å². The van der Waals surface area contributed by atoms with Crippen LogP contribution in [-0.2, 0) is 25.5 Å². The Morgan fingerprint density at radius 3 is 2.88 bits per heavy atom. The molecule has 0 aliphatic carbocycles. The molecule has 25 heavy (non-hydrogen) atoms. The number of halogens is 1. The normalized spacial score (nSPS) is 23.7. The lowest BCUT2D eigenvalue weighted by molar-refractivity contribution is -0.289. The van der Waals surface area contributed by atoms with E-state index in [4.69, 9.17) is 31.5 Å². The van der Waals surface area contributed by atoms with Crippen molar-refractivity contribution in [3.8, 4) is 0 Å². The van der Waals surface area contributed by atoms with E-state index in [0.29, 0.717) is 30.9 Å².